The van der Waals surface area contributed by atoms with Crippen LogP contribution in [0.5, 0.6) is 0 Å². The molecule has 0 spiro atoms. The van der Waals surface area contributed by atoms with Gasteiger partial charge in [-0.05, 0) is 46.4 Å². The van der Waals surface area contributed by atoms with Crippen LogP contribution < -0.4 is 5.32 Å². The van der Waals surface area contributed by atoms with Gasteiger partial charge >= 0.3 is 6.09 Å². The topological polar surface area (TPSA) is 108 Å². The van der Waals surface area contributed by atoms with Crippen molar-refractivity contribution in [3.8, 4) is 11.1 Å². The summed E-state index contributed by atoms with van der Waals surface area (Å²) in [5.41, 5.74) is 5.47. The summed E-state index contributed by atoms with van der Waals surface area (Å²) in [6.45, 7) is 0.350. The lowest BCUT2D eigenvalue weighted by molar-refractivity contribution is 0.0137. The van der Waals surface area contributed by atoms with Gasteiger partial charge in [-0.2, -0.15) is 4.99 Å². The molecule has 0 fully saturated rings. The van der Waals surface area contributed by atoms with E-state index in [1.165, 1.54) is 6.08 Å². The molecule has 3 aromatic carbocycles. The summed E-state index contributed by atoms with van der Waals surface area (Å²) in [6.07, 6.45) is -1.21. The quantitative estimate of drug-likeness (QED) is 0.360. The van der Waals surface area contributed by atoms with E-state index in [-0.39, 0.29) is 25.5 Å². The predicted octanol–water partition coefficient (Wildman–Crippen LogP) is 3.98. The third-order valence-corrected chi connectivity index (χ3v) is 5.83. The molecule has 0 heterocycles. The van der Waals surface area contributed by atoms with Crippen molar-refractivity contribution in [1.29, 1.82) is 0 Å². The van der Waals surface area contributed by atoms with Crippen LogP contribution in [0.3, 0.4) is 0 Å². The molecule has 3 N–H and O–H groups in total. The van der Waals surface area contributed by atoms with Crippen molar-refractivity contribution in [1.82, 2.24) is 5.32 Å². The van der Waals surface area contributed by atoms with E-state index in [0.29, 0.717) is 11.3 Å². The van der Waals surface area contributed by atoms with E-state index in [9.17, 15) is 19.8 Å². The number of nitrogens with one attached hydrogen (secondary N) is 1. The van der Waals surface area contributed by atoms with Gasteiger partial charge in [-0.1, -0.05) is 60.7 Å². The van der Waals surface area contributed by atoms with Crippen LogP contribution in [0.25, 0.3) is 11.1 Å². The Labute approximate surface area is 191 Å². The SMILES string of the molecule is O=C=Nc1ccc(C(O)C(O)CCNC(=O)OCC2c3ccccc3-c3ccccc32)cc1. The molecule has 1 aliphatic carbocycles. The van der Waals surface area contributed by atoms with Crippen LogP contribution in [0.2, 0.25) is 0 Å². The predicted molar refractivity (Wildman–Crippen MR) is 123 cm³/mol. The number of ether oxygens (including phenoxy) is 1. The number of hydrogen-bond acceptors (Lipinski definition) is 6. The highest BCUT2D eigenvalue weighted by Crippen LogP contribution is 2.44. The average molecular weight is 444 g/mol. The minimum atomic E-state index is -1.14. The third kappa shape index (κ3) is 5.02. The molecule has 168 valence electrons. The van der Waals surface area contributed by atoms with E-state index in [1.807, 2.05) is 24.3 Å². The van der Waals surface area contributed by atoms with Crippen molar-refractivity contribution in [3.63, 3.8) is 0 Å². The van der Waals surface area contributed by atoms with Crippen molar-refractivity contribution < 1.29 is 24.5 Å². The van der Waals surface area contributed by atoms with Crippen molar-refractivity contribution in [2.75, 3.05) is 13.2 Å². The second kappa shape index (κ2) is 10.2. The highest BCUT2D eigenvalue weighted by Gasteiger charge is 2.29. The molecule has 0 aliphatic heterocycles. The number of aliphatic hydroxyl groups excluding tert-OH is 2. The molecule has 7 nitrogen and oxygen atoms in total. The summed E-state index contributed by atoms with van der Waals surface area (Å²) in [4.78, 5) is 26.0. The van der Waals surface area contributed by atoms with Crippen molar-refractivity contribution in [2.45, 2.75) is 24.5 Å². The third-order valence-electron chi connectivity index (χ3n) is 5.83. The fourth-order valence-corrected chi connectivity index (χ4v) is 4.15. The van der Waals surface area contributed by atoms with Gasteiger partial charge in [-0.25, -0.2) is 9.59 Å². The molecule has 0 bridgehead atoms. The maximum atomic E-state index is 12.2. The van der Waals surface area contributed by atoms with Crippen molar-refractivity contribution >= 4 is 17.9 Å². The van der Waals surface area contributed by atoms with Crippen LogP contribution >= 0.6 is 0 Å². The number of aliphatic hydroxyl groups is 2. The molecule has 1 amide bonds. The second-order valence-electron chi connectivity index (χ2n) is 7.85. The molecule has 2 unspecified atom stereocenters. The average Bonchev–Trinajstić information content (AvgIpc) is 3.16. The molecule has 0 saturated heterocycles. The number of fused-ring (bicyclic) bond motifs is 3. The minimum absolute atomic E-state index is 0.0258. The van der Waals surface area contributed by atoms with E-state index in [0.717, 1.165) is 22.3 Å². The van der Waals surface area contributed by atoms with E-state index in [1.54, 1.807) is 24.3 Å². The Morgan fingerprint density at radius 1 is 0.970 bits per heavy atom. The summed E-state index contributed by atoms with van der Waals surface area (Å²) < 4.78 is 5.47. The van der Waals surface area contributed by atoms with E-state index in [2.05, 4.69) is 34.6 Å². The summed E-state index contributed by atoms with van der Waals surface area (Å²) >= 11 is 0. The van der Waals surface area contributed by atoms with Crippen LogP contribution in [0.1, 0.15) is 35.1 Å². The number of carbonyl (C=O) groups is 1. The fourth-order valence-electron chi connectivity index (χ4n) is 4.15. The van der Waals surface area contributed by atoms with Crippen molar-refractivity contribution in [3.05, 3.63) is 89.5 Å². The summed E-state index contributed by atoms with van der Waals surface area (Å²) in [6, 6.07) is 22.4. The molecule has 0 radical (unpaired) electrons. The van der Waals surface area contributed by atoms with Crippen LogP contribution in [0.4, 0.5) is 10.5 Å². The monoisotopic (exact) mass is 444 g/mol. The number of carbonyl (C=O) groups excluding carboxylic acids is 2. The van der Waals surface area contributed by atoms with Gasteiger partial charge in [-0.3, -0.25) is 0 Å². The fraction of sp³-hybridized carbons (Fsp3) is 0.231. The Hall–Kier alpha value is -3.77. The summed E-state index contributed by atoms with van der Waals surface area (Å²) in [5.74, 6) is -0.0258. The van der Waals surface area contributed by atoms with Gasteiger partial charge in [0, 0.05) is 12.5 Å². The van der Waals surface area contributed by atoms with E-state index in [4.69, 9.17) is 4.74 Å². The number of aliphatic imine (C=N–C) groups is 1. The lowest BCUT2D eigenvalue weighted by Crippen LogP contribution is -2.30. The highest BCUT2D eigenvalue weighted by molar-refractivity contribution is 5.79. The maximum Gasteiger partial charge on any atom is 0.407 e. The molecule has 33 heavy (non-hydrogen) atoms. The first-order chi connectivity index (χ1) is 16.1. The Morgan fingerprint density at radius 3 is 2.18 bits per heavy atom. The van der Waals surface area contributed by atoms with Gasteiger partial charge in [-0.15, -0.1) is 0 Å². The van der Waals surface area contributed by atoms with E-state index < -0.39 is 18.3 Å². The Balaban J connectivity index is 1.27. The number of nitrogens with zero attached hydrogens (tertiary/aromatic N) is 1. The lowest BCUT2D eigenvalue weighted by Gasteiger charge is -2.19. The Kier molecular flexibility index (Phi) is 6.95. The first-order valence-electron chi connectivity index (χ1n) is 10.7. The molecular formula is C26H24N2O5. The molecule has 1 aliphatic rings. The molecule has 0 saturated carbocycles. The second-order valence-corrected chi connectivity index (χ2v) is 7.85. The van der Waals surface area contributed by atoms with Crippen LogP contribution in [0.15, 0.2) is 77.8 Å². The van der Waals surface area contributed by atoms with Gasteiger partial charge in [0.25, 0.3) is 0 Å². The number of benzene rings is 3. The van der Waals surface area contributed by atoms with Gasteiger partial charge in [0.2, 0.25) is 6.08 Å². The van der Waals surface area contributed by atoms with Crippen LogP contribution in [-0.2, 0) is 9.53 Å². The number of hydrogen-bond donors (Lipinski definition) is 3. The largest absolute Gasteiger partial charge is 0.449 e. The van der Waals surface area contributed by atoms with Crippen LogP contribution in [0, 0.1) is 0 Å². The first kappa shape index (κ1) is 22.4. The molecule has 0 aromatic heterocycles. The normalized spacial score (nSPS) is 13.9. The molecule has 3 aromatic rings. The molecular weight excluding hydrogens is 420 g/mol. The van der Waals surface area contributed by atoms with Gasteiger partial charge in [0.05, 0.1) is 11.8 Å². The first-order valence-corrected chi connectivity index (χ1v) is 10.7. The zero-order valence-electron chi connectivity index (χ0n) is 17.8. The lowest BCUT2D eigenvalue weighted by atomic mass is 9.98. The highest BCUT2D eigenvalue weighted by atomic mass is 16.5. The van der Waals surface area contributed by atoms with E-state index >= 15 is 0 Å². The smallest absolute Gasteiger partial charge is 0.407 e. The number of isocyanates is 1. The van der Waals surface area contributed by atoms with Gasteiger partial charge < -0.3 is 20.3 Å². The number of amides is 1. The number of alkyl carbamates (subject to hydrolysis) is 1. The summed E-state index contributed by atoms with van der Waals surface area (Å²) in [7, 11) is 0. The standard InChI is InChI=1S/C26H24N2O5/c29-16-28-18-11-9-17(10-12-18)25(31)24(30)13-14-27-26(32)33-15-23-21-7-3-1-5-19(21)20-6-2-4-8-22(20)23/h1-12,23-25,30-31H,13-15H2,(H,27,32). The zero-order valence-corrected chi connectivity index (χ0v) is 17.8. The number of rotatable bonds is 8. The minimum Gasteiger partial charge on any atom is -0.449 e. The van der Waals surface area contributed by atoms with Crippen molar-refractivity contribution in [2.24, 2.45) is 4.99 Å². The molecule has 7 heteroatoms. The summed E-state index contributed by atoms with van der Waals surface area (Å²) in [5, 5.41) is 23.2. The maximum absolute atomic E-state index is 12.2. The Bertz CT molecular complexity index is 1130. The van der Waals surface area contributed by atoms with Crippen LogP contribution in [-0.4, -0.2) is 41.6 Å². The molecule has 2 atom stereocenters. The Morgan fingerprint density at radius 2 is 1.58 bits per heavy atom. The zero-order chi connectivity index (χ0) is 23.2. The molecule has 4 rings (SSSR count). The van der Waals surface area contributed by atoms with Gasteiger partial charge in [0.15, 0.2) is 0 Å². The van der Waals surface area contributed by atoms with Gasteiger partial charge in [0.1, 0.15) is 12.7 Å².